The van der Waals surface area contributed by atoms with Crippen molar-refractivity contribution >= 4 is 34.5 Å². The van der Waals surface area contributed by atoms with Crippen LogP contribution >= 0.6 is 11.3 Å². The van der Waals surface area contributed by atoms with Gasteiger partial charge in [0.2, 0.25) is 0 Å². The molecular formula is C12H19BN2O4S. The van der Waals surface area contributed by atoms with Crippen LogP contribution in [0.1, 0.15) is 34.6 Å². The fourth-order valence-electron chi connectivity index (χ4n) is 1.67. The zero-order valence-electron chi connectivity index (χ0n) is 12.4. The molecule has 0 bridgehead atoms. The number of carbonyl (C=O) groups excluding carboxylic acids is 1. The Kier molecular flexibility index (Phi) is 4.08. The highest BCUT2D eigenvalue weighted by Crippen LogP contribution is 2.37. The fourth-order valence-corrected chi connectivity index (χ4v) is 2.43. The summed E-state index contributed by atoms with van der Waals surface area (Å²) in [5, 5.41) is 3.03. The Bertz CT molecular complexity index is 487. The van der Waals surface area contributed by atoms with Crippen molar-refractivity contribution in [3.63, 3.8) is 0 Å². The predicted molar refractivity (Wildman–Crippen MR) is 78.5 cm³/mol. The summed E-state index contributed by atoms with van der Waals surface area (Å²) >= 11 is 1.31. The van der Waals surface area contributed by atoms with Crippen molar-refractivity contribution in [3.8, 4) is 0 Å². The molecule has 0 unspecified atom stereocenters. The highest BCUT2D eigenvalue weighted by Gasteiger charge is 2.52. The zero-order valence-corrected chi connectivity index (χ0v) is 13.2. The second-order valence-corrected chi connectivity index (χ2v) is 6.56. The molecule has 1 amide bonds. The first-order valence-electron chi connectivity index (χ1n) is 6.50. The van der Waals surface area contributed by atoms with E-state index in [1.807, 2.05) is 27.7 Å². The zero-order chi connectivity index (χ0) is 15.0. The molecule has 0 saturated carbocycles. The number of nitrogens with one attached hydrogen (secondary N) is 1. The van der Waals surface area contributed by atoms with Crippen LogP contribution in [0.4, 0.5) is 9.93 Å². The lowest BCUT2D eigenvalue weighted by atomic mass is 9.89. The van der Waals surface area contributed by atoms with E-state index in [2.05, 4.69) is 10.3 Å². The molecule has 8 heteroatoms. The van der Waals surface area contributed by atoms with Crippen LogP contribution in [0.15, 0.2) is 6.20 Å². The second kappa shape index (κ2) is 5.35. The Morgan fingerprint density at radius 2 is 2.00 bits per heavy atom. The van der Waals surface area contributed by atoms with Gasteiger partial charge in [0, 0.05) is 6.20 Å². The summed E-state index contributed by atoms with van der Waals surface area (Å²) in [7, 11) is -0.463. The maximum absolute atomic E-state index is 11.3. The van der Waals surface area contributed by atoms with Crippen LogP contribution in [0.25, 0.3) is 0 Å². The number of carbonyl (C=O) groups is 1. The van der Waals surface area contributed by atoms with E-state index in [-0.39, 0.29) is 0 Å². The third kappa shape index (κ3) is 2.97. The Hall–Kier alpha value is -1.12. The number of hydrogen-bond donors (Lipinski definition) is 1. The number of anilines is 1. The maximum atomic E-state index is 11.3. The van der Waals surface area contributed by atoms with E-state index >= 15 is 0 Å². The van der Waals surface area contributed by atoms with E-state index in [0.717, 1.165) is 4.78 Å². The SMILES string of the molecule is CCOC(=O)Nc1ncc(B2OC(C)(C)C(C)(C)O2)s1. The molecule has 0 atom stereocenters. The van der Waals surface area contributed by atoms with E-state index in [4.69, 9.17) is 14.0 Å². The minimum absolute atomic E-state index is 0.321. The molecular weight excluding hydrogens is 279 g/mol. The molecule has 2 rings (SSSR count). The van der Waals surface area contributed by atoms with Crippen molar-refractivity contribution in [2.24, 2.45) is 0 Å². The lowest BCUT2D eigenvalue weighted by molar-refractivity contribution is 0.00578. The molecule has 1 fully saturated rings. The summed E-state index contributed by atoms with van der Waals surface area (Å²) in [4.78, 5) is 15.4. The summed E-state index contributed by atoms with van der Waals surface area (Å²) in [6.45, 7) is 10.0. The van der Waals surface area contributed by atoms with E-state index in [1.165, 1.54) is 11.3 Å². The second-order valence-electron chi connectivity index (χ2n) is 5.50. The van der Waals surface area contributed by atoms with Crippen LogP contribution in [0.3, 0.4) is 0 Å². The van der Waals surface area contributed by atoms with Gasteiger partial charge in [-0.3, -0.25) is 5.32 Å². The number of hydrogen-bond acceptors (Lipinski definition) is 6. The Morgan fingerprint density at radius 1 is 1.40 bits per heavy atom. The van der Waals surface area contributed by atoms with Gasteiger partial charge in [-0.25, -0.2) is 9.78 Å². The van der Waals surface area contributed by atoms with Gasteiger partial charge in [0.15, 0.2) is 5.13 Å². The summed E-state index contributed by atoms with van der Waals surface area (Å²) in [5.41, 5.74) is -0.785. The first-order chi connectivity index (χ1) is 9.25. The van der Waals surface area contributed by atoms with Crippen LogP contribution in [0.5, 0.6) is 0 Å². The van der Waals surface area contributed by atoms with Gasteiger partial charge in [0.05, 0.1) is 22.6 Å². The highest BCUT2D eigenvalue weighted by atomic mass is 32.1. The fraction of sp³-hybridized carbons (Fsp3) is 0.667. The van der Waals surface area contributed by atoms with Gasteiger partial charge in [-0.15, -0.1) is 11.3 Å². The normalized spacial score (nSPS) is 19.9. The number of nitrogens with zero attached hydrogens (tertiary/aromatic N) is 1. The van der Waals surface area contributed by atoms with E-state index < -0.39 is 24.4 Å². The van der Waals surface area contributed by atoms with Gasteiger partial charge in [0.1, 0.15) is 0 Å². The minimum Gasteiger partial charge on any atom is -0.450 e. The lowest BCUT2D eigenvalue weighted by Crippen LogP contribution is -2.41. The first-order valence-corrected chi connectivity index (χ1v) is 7.32. The van der Waals surface area contributed by atoms with E-state index in [9.17, 15) is 4.79 Å². The quantitative estimate of drug-likeness (QED) is 0.864. The van der Waals surface area contributed by atoms with Crippen LogP contribution < -0.4 is 10.1 Å². The largest absolute Gasteiger partial charge is 0.507 e. The average molecular weight is 298 g/mol. The van der Waals surface area contributed by atoms with Gasteiger partial charge in [0.25, 0.3) is 0 Å². The Morgan fingerprint density at radius 3 is 2.55 bits per heavy atom. The summed E-state index contributed by atoms with van der Waals surface area (Å²) < 4.78 is 17.5. The third-order valence-corrected chi connectivity index (χ3v) is 4.43. The molecule has 1 N–H and O–H groups in total. The molecule has 6 nitrogen and oxygen atoms in total. The van der Waals surface area contributed by atoms with Crippen molar-refractivity contribution in [1.29, 1.82) is 0 Å². The molecule has 1 aromatic rings. The van der Waals surface area contributed by atoms with Crippen LogP contribution in [-0.2, 0) is 14.0 Å². The molecule has 0 aliphatic carbocycles. The Balaban J connectivity index is 2.05. The molecule has 2 heterocycles. The van der Waals surface area contributed by atoms with Crippen LogP contribution in [0.2, 0.25) is 0 Å². The average Bonchev–Trinajstić information content (AvgIpc) is 2.83. The summed E-state index contributed by atoms with van der Waals surface area (Å²) in [5.74, 6) is 0. The number of rotatable bonds is 3. The van der Waals surface area contributed by atoms with Gasteiger partial charge in [-0.1, -0.05) is 0 Å². The molecule has 1 aliphatic rings. The standard InChI is InChI=1S/C12H19BN2O4S/c1-6-17-10(16)15-9-14-7-8(20-9)13-18-11(2,3)12(4,5)19-13/h7H,6H2,1-5H3,(H,14,15,16). The third-order valence-electron chi connectivity index (χ3n) is 3.49. The smallest absolute Gasteiger partial charge is 0.450 e. The van der Waals surface area contributed by atoms with Gasteiger partial charge in [-0.2, -0.15) is 0 Å². The highest BCUT2D eigenvalue weighted by molar-refractivity contribution is 7.25. The summed E-state index contributed by atoms with van der Waals surface area (Å²) in [6.07, 6.45) is 1.14. The molecule has 0 radical (unpaired) electrons. The number of thiazole rings is 1. The maximum Gasteiger partial charge on any atom is 0.507 e. The minimum atomic E-state index is -0.512. The van der Waals surface area contributed by atoms with Crippen molar-refractivity contribution < 1.29 is 18.8 Å². The van der Waals surface area contributed by atoms with Crippen molar-refractivity contribution in [2.75, 3.05) is 11.9 Å². The molecule has 1 aromatic heterocycles. The molecule has 1 saturated heterocycles. The van der Waals surface area contributed by atoms with Gasteiger partial charge in [-0.05, 0) is 34.6 Å². The van der Waals surface area contributed by atoms with Crippen LogP contribution in [0, 0.1) is 0 Å². The van der Waals surface area contributed by atoms with E-state index in [0.29, 0.717) is 11.7 Å². The van der Waals surface area contributed by atoms with E-state index in [1.54, 1.807) is 13.1 Å². The first kappa shape index (κ1) is 15.3. The predicted octanol–water partition coefficient (Wildman–Crippen LogP) is 2.01. The molecule has 0 aromatic carbocycles. The molecule has 0 spiro atoms. The lowest BCUT2D eigenvalue weighted by Gasteiger charge is -2.32. The topological polar surface area (TPSA) is 69.7 Å². The van der Waals surface area contributed by atoms with Crippen LogP contribution in [-0.4, -0.2) is 36.0 Å². The van der Waals surface area contributed by atoms with Gasteiger partial charge >= 0.3 is 13.2 Å². The molecule has 110 valence electrons. The number of aromatic nitrogens is 1. The molecule has 1 aliphatic heterocycles. The number of amides is 1. The van der Waals surface area contributed by atoms with Gasteiger partial charge < -0.3 is 14.0 Å². The monoisotopic (exact) mass is 298 g/mol. The van der Waals surface area contributed by atoms with Crippen molar-refractivity contribution in [2.45, 2.75) is 45.8 Å². The van der Waals surface area contributed by atoms with Crippen molar-refractivity contribution in [3.05, 3.63) is 6.20 Å². The Labute approximate surface area is 123 Å². The molecule has 20 heavy (non-hydrogen) atoms. The number of ether oxygens (including phenoxy) is 1. The summed E-state index contributed by atoms with van der Waals surface area (Å²) in [6, 6.07) is 0. The van der Waals surface area contributed by atoms with Crippen molar-refractivity contribution in [1.82, 2.24) is 4.98 Å².